The lowest BCUT2D eigenvalue weighted by atomic mass is 10.0. The molecule has 0 saturated carbocycles. The van der Waals surface area contributed by atoms with Crippen LogP contribution in [-0.4, -0.2) is 29.2 Å². The molecular weight excluding hydrogens is 322 g/mol. The second kappa shape index (κ2) is 6.52. The van der Waals surface area contributed by atoms with Crippen LogP contribution < -0.4 is 10.1 Å². The zero-order valence-electron chi connectivity index (χ0n) is 13.3. The average Bonchev–Trinajstić information content (AvgIpc) is 2.61. The molecule has 0 aliphatic carbocycles. The third kappa shape index (κ3) is 3.23. The Balaban J connectivity index is 1.97. The highest BCUT2D eigenvalue weighted by Crippen LogP contribution is 2.27. The lowest BCUT2D eigenvalue weighted by Gasteiger charge is -2.12. The Morgan fingerprint density at radius 1 is 0.960 bits per heavy atom. The van der Waals surface area contributed by atoms with Gasteiger partial charge in [-0.2, -0.15) is 0 Å². The molecule has 126 valence electrons. The Bertz CT molecular complexity index is 981. The van der Waals surface area contributed by atoms with Gasteiger partial charge in [0.25, 0.3) is 5.91 Å². The SMILES string of the molecule is COc1cc2ccccc2cc1C(=O)Nc1ccc(O)c(C(=O)O)c1. The molecule has 0 aliphatic rings. The molecule has 3 aromatic rings. The minimum atomic E-state index is -1.28. The minimum Gasteiger partial charge on any atom is -0.507 e. The van der Waals surface area contributed by atoms with Crippen LogP contribution in [-0.2, 0) is 0 Å². The molecule has 3 rings (SSSR count). The van der Waals surface area contributed by atoms with Crippen molar-refractivity contribution in [3.05, 3.63) is 65.7 Å². The van der Waals surface area contributed by atoms with Crippen LogP contribution in [0, 0.1) is 0 Å². The van der Waals surface area contributed by atoms with Crippen molar-refractivity contribution < 1.29 is 24.5 Å². The lowest BCUT2D eigenvalue weighted by molar-refractivity contribution is 0.0693. The molecule has 0 unspecified atom stereocenters. The molecule has 0 atom stereocenters. The molecule has 0 radical (unpaired) electrons. The van der Waals surface area contributed by atoms with Crippen molar-refractivity contribution in [3.63, 3.8) is 0 Å². The van der Waals surface area contributed by atoms with Crippen LogP contribution in [0.25, 0.3) is 10.8 Å². The summed E-state index contributed by atoms with van der Waals surface area (Å²) in [7, 11) is 1.48. The van der Waals surface area contributed by atoms with E-state index in [4.69, 9.17) is 9.84 Å². The number of rotatable bonds is 4. The van der Waals surface area contributed by atoms with Gasteiger partial charge in [0.2, 0.25) is 0 Å². The van der Waals surface area contributed by atoms with E-state index in [0.717, 1.165) is 10.8 Å². The number of phenols is 1. The van der Waals surface area contributed by atoms with Crippen LogP contribution in [0.5, 0.6) is 11.5 Å². The summed E-state index contributed by atoms with van der Waals surface area (Å²) in [6, 6.07) is 14.9. The summed E-state index contributed by atoms with van der Waals surface area (Å²) >= 11 is 0. The molecule has 1 amide bonds. The fraction of sp³-hybridized carbons (Fsp3) is 0.0526. The first-order chi connectivity index (χ1) is 12.0. The van der Waals surface area contributed by atoms with E-state index in [9.17, 15) is 14.7 Å². The van der Waals surface area contributed by atoms with Crippen molar-refractivity contribution in [1.82, 2.24) is 0 Å². The zero-order valence-corrected chi connectivity index (χ0v) is 13.3. The predicted octanol–water partition coefficient (Wildman–Crippen LogP) is 3.50. The van der Waals surface area contributed by atoms with Crippen LogP contribution in [0.3, 0.4) is 0 Å². The Hall–Kier alpha value is -3.54. The summed E-state index contributed by atoms with van der Waals surface area (Å²) in [6.45, 7) is 0. The highest BCUT2D eigenvalue weighted by molar-refractivity contribution is 6.09. The number of nitrogens with one attached hydrogen (secondary N) is 1. The summed E-state index contributed by atoms with van der Waals surface area (Å²) in [5, 5.41) is 23.0. The second-order valence-corrected chi connectivity index (χ2v) is 5.39. The van der Waals surface area contributed by atoms with Crippen molar-refractivity contribution in [1.29, 1.82) is 0 Å². The van der Waals surface area contributed by atoms with Crippen molar-refractivity contribution in [3.8, 4) is 11.5 Å². The number of fused-ring (bicyclic) bond motifs is 1. The van der Waals surface area contributed by atoms with Gasteiger partial charge in [0.15, 0.2) is 0 Å². The topological polar surface area (TPSA) is 95.9 Å². The summed E-state index contributed by atoms with van der Waals surface area (Å²) in [5.41, 5.74) is 0.296. The molecular formula is C19H15NO5. The van der Waals surface area contributed by atoms with Gasteiger partial charge >= 0.3 is 5.97 Å². The van der Waals surface area contributed by atoms with Crippen molar-refractivity contribution in [2.24, 2.45) is 0 Å². The number of benzene rings is 3. The first-order valence-electron chi connectivity index (χ1n) is 7.44. The molecule has 0 aromatic heterocycles. The highest BCUT2D eigenvalue weighted by atomic mass is 16.5. The number of hydrogen-bond donors (Lipinski definition) is 3. The quantitative estimate of drug-likeness (QED) is 0.633. The number of methoxy groups -OCH3 is 1. The van der Waals surface area contributed by atoms with Gasteiger partial charge in [0.05, 0.1) is 12.7 Å². The third-order valence-corrected chi connectivity index (χ3v) is 3.80. The number of anilines is 1. The van der Waals surface area contributed by atoms with E-state index >= 15 is 0 Å². The molecule has 6 heteroatoms. The number of carboxylic acid groups (broad SMARTS) is 1. The van der Waals surface area contributed by atoms with Gasteiger partial charge in [0.1, 0.15) is 17.1 Å². The Kier molecular flexibility index (Phi) is 4.26. The normalized spacial score (nSPS) is 10.4. The standard InChI is InChI=1S/C19H15NO5/c1-25-17-9-12-5-3-2-4-11(12)8-15(17)18(22)20-13-6-7-16(21)14(10-13)19(23)24/h2-10,21H,1H3,(H,20,22)(H,23,24). The zero-order chi connectivity index (χ0) is 18.0. The smallest absolute Gasteiger partial charge is 0.339 e. The van der Waals surface area contributed by atoms with Gasteiger partial charge in [-0.25, -0.2) is 4.79 Å². The van der Waals surface area contributed by atoms with Crippen LogP contribution in [0.4, 0.5) is 5.69 Å². The average molecular weight is 337 g/mol. The van der Waals surface area contributed by atoms with Crippen LogP contribution >= 0.6 is 0 Å². The van der Waals surface area contributed by atoms with Crippen molar-refractivity contribution in [2.45, 2.75) is 0 Å². The maximum absolute atomic E-state index is 12.6. The van der Waals surface area contributed by atoms with Crippen molar-refractivity contribution >= 4 is 28.3 Å². The van der Waals surface area contributed by atoms with Gasteiger partial charge < -0.3 is 20.3 Å². The third-order valence-electron chi connectivity index (χ3n) is 3.80. The maximum Gasteiger partial charge on any atom is 0.339 e. The molecule has 3 N–H and O–H groups in total. The maximum atomic E-state index is 12.6. The van der Waals surface area contributed by atoms with E-state index in [1.54, 1.807) is 12.1 Å². The van der Waals surface area contributed by atoms with E-state index in [1.807, 2.05) is 24.3 Å². The fourth-order valence-corrected chi connectivity index (χ4v) is 2.55. The highest BCUT2D eigenvalue weighted by Gasteiger charge is 2.16. The molecule has 0 fully saturated rings. The van der Waals surface area contributed by atoms with Crippen LogP contribution in [0.15, 0.2) is 54.6 Å². The Morgan fingerprint density at radius 2 is 1.64 bits per heavy atom. The first-order valence-corrected chi connectivity index (χ1v) is 7.44. The molecule has 0 heterocycles. The van der Waals surface area contributed by atoms with Gasteiger partial charge in [-0.05, 0) is 41.1 Å². The number of carboxylic acids is 1. The van der Waals surface area contributed by atoms with Gasteiger partial charge in [-0.1, -0.05) is 24.3 Å². The number of carbonyl (C=O) groups excluding carboxylic acids is 1. The largest absolute Gasteiger partial charge is 0.507 e. The minimum absolute atomic E-state index is 0.260. The second-order valence-electron chi connectivity index (χ2n) is 5.39. The molecule has 0 bridgehead atoms. The van der Waals surface area contributed by atoms with E-state index < -0.39 is 11.9 Å². The van der Waals surface area contributed by atoms with Crippen LogP contribution in [0.2, 0.25) is 0 Å². The van der Waals surface area contributed by atoms with Gasteiger partial charge in [0, 0.05) is 5.69 Å². The van der Waals surface area contributed by atoms with Crippen LogP contribution in [0.1, 0.15) is 20.7 Å². The molecule has 25 heavy (non-hydrogen) atoms. The fourth-order valence-electron chi connectivity index (χ4n) is 2.55. The van der Waals surface area contributed by atoms with Gasteiger partial charge in [-0.3, -0.25) is 4.79 Å². The lowest BCUT2D eigenvalue weighted by Crippen LogP contribution is -2.13. The first kappa shape index (κ1) is 16.3. The summed E-state index contributed by atoms with van der Waals surface area (Å²) in [5.74, 6) is -1.68. The number of ether oxygens (including phenoxy) is 1. The predicted molar refractivity (Wildman–Crippen MR) is 93.5 cm³/mol. The number of aromatic carboxylic acids is 1. The van der Waals surface area contributed by atoms with Crippen molar-refractivity contribution in [2.75, 3.05) is 12.4 Å². The molecule has 0 saturated heterocycles. The van der Waals surface area contributed by atoms with E-state index in [0.29, 0.717) is 11.3 Å². The number of aromatic hydroxyl groups is 1. The Morgan fingerprint density at radius 3 is 2.28 bits per heavy atom. The van der Waals surface area contributed by atoms with Gasteiger partial charge in [-0.15, -0.1) is 0 Å². The molecule has 0 spiro atoms. The Labute approximate surface area is 143 Å². The summed E-state index contributed by atoms with van der Waals surface area (Å²) < 4.78 is 5.30. The molecule has 3 aromatic carbocycles. The van der Waals surface area contributed by atoms with E-state index in [2.05, 4.69) is 5.32 Å². The van der Waals surface area contributed by atoms with E-state index in [1.165, 1.54) is 25.3 Å². The van der Waals surface area contributed by atoms with E-state index in [-0.39, 0.29) is 17.0 Å². The monoisotopic (exact) mass is 337 g/mol. The molecule has 6 nitrogen and oxygen atoms in total. The molecule has 0 aliphatic heterocycles. The summed E-state index contributed by atoms with van der Waals surface area (Å²) in [6.07, 6.45) is 0. The number of amides is 1. The number of carbonyl (C=O) groups is 2. The summed E-state index contributed by atoms with van der Waals surface area (Å²) in [4.78, 5) is 23.7. The number of hydrogen-bond acceptors (Lipinski definition) is 4.